The number of rotatable bonds is 4. The SMILES string of the molecule is CCCNS(=O)(=O)c1ccc(F)cc1. The summed E-state index contributed by atoms with van der Waals surface area (Å²) in [6, 6.07) is 4.74. The molecule has 0 atom stereocenters. The predicted molar refractivity (Wildman–Crippen MR) is 51.9 cm³/mol. The van der Waals surface area contributed by atoms with E-state index in [-0.39, 0.29) is 4.90 Å². The van der Waals surface area contributed by atoms with Crippen molar-refractivity contribution in [3.63, 3.8) is 0 Å². The Morgan fingerprint density at radius 3 is 2.36 bits per heavy atom. The minimum atomic E-state index is -3.46. The van der Waals surface area contributed by atoms with Crippen LogP contribution in [0.2, 0.25) is 0 Å². The lowest BCUT2D eigenvalue weighted by Crippen LogP contribution is -2.24. The van der Waals surface area contributed by atoms with E-state index in [4.69, 9.17) is 0 Å². The van der Waals surface area contributed by atoms with Crippen LogP contribution in [0.15, 0.2) is 29.2 Å². The van der Waals surface area contributed by atoms with Gasteiger partial charge in [-0.05, 0) is 30.7 Å². The van der Waals surface area contributed by atoms with Gasteiger partial charge in [-0.1, -0.05) is 6.92 Å². The molecule has 3 nitrogen and oxygen atoms in total. The van der Waals surface area contributed by atoms with Crippen LogP contribution in [0.5, 0.6) is 0 Å². The highest BCUT2D eigenvalue weighted by Gasteiger charge is 2.11. The van der Waals surface area contributed by atoms with Crippen LogP contribution < -0.4 is 4.72 Å². The van der Waals surface area contributed by atoms with Gasteiger partial charge in [0.2, 0.25) is 10.0 Å². The van der Waals surface area contributed by atoms with Gasteiger partial charge >= 0.3 is 0 Å². The number of halogens is 1. The molecular weight excluding hydrogens is 205 g/mol. The molecule has 1 aromatic carbocycles. The number of nitrogens with one attached hydrogen (secondary N) is 1. The summed E-state index contributed by atoms with van der Waals surface area (Å²) in [5, 5.41) is 0. The Bertz CT molecular complexity index is 386. The number of hydrogen-bond donors (Lipinski definition) is 1. The third-order valence-electron chi connectivity index (χ3n) is 1.67. The van der Waals surface area contributed by atoms with Crippen molar-refractivity contribution in [2.24, 2.45) is 0 Å². The highest BCUT2D eigenvalue weighted by Crippen LogP contribution is 2.09. The fourth-order valence-corrected chi connectivity index (χ4v) is 2.07. The zero-order chi connectivity index (χ0) is 10.6. The molecule has 0 aliphatic carbocycles. The van der Waals surface area contributed by atoms with Gasteiger partial charge in [-0.3, -0.25) is 0 Å². The van der Waals surface area contributed by atoms with Crippen LogP contribution in [-0.4, -0.2) is 15.0 Å². The van der Waals surface area contributed by atoms with E-state index < -0.39 is 15.8 Å². The van der Waals surface area contributed by atoms with Gasteiger partial charge in [0.1, 0.15) is 5.82 Å². The minimum Gasteiger partial charge on any atom is -0.211 e. The summed E-state index contributed by atoms with van der Waals surface area (Å²) < 4.78 is 37.8. The molecule has 0 spiro atoms. The first kappa shape index (κ1) is 11.1. The van der Waals surface area contributed by atoms with Crippen molar-refractivity contribution in [2.45, 2.75) is 18.2 Å². The summed E-state index contributed by atoms with van der Waals surface area (Å²) in [5.74, 6) is -0.445. The lowest BCUT2D eigenvalue weighted by Gasteiger charge is -2.04. The molecule has 1 rings (SSSR count). The molecule has 0 unspecified atom stereocenters. The molecule has 0 saturated heterocycles. The maximum Gasteiger partial charge on any atom is 0.240 e. The Morgan fingerprint density at radius 1 is 1.29 bits per heavy atom. The fraction of sp³-hybridized carbons (Fsp3) is 0.333. The molecule has 1 aromatic rings. The van der Waals surface area contributed by atoms with E-state index in [1.807, 2.05) is 6.92 Å². The van der Waals surface area contributed by atoms with Crippen LogP contribution in [0, 0.1) is 5.82 Å². The standard InChI is InChI=1S/C9H12FNO2S/c1-2-7-11-14(12,13)9-5-3-8(10)4-6-9/h3-6,11H,2,7H2,1H3. The van der Waals surface area contributed by atoms with Gasteiger partial charge in [-0.15, -0.1) is 0 Å². The second-order valence-electron chi connectivity index (χ2n) is 2.85. The smallest absolute Gasteiger partial charge is 0.211 e. The van der Waals surface area contributed by atoms with Gasteiger partial charge in [0.05, 0.1) is 4.90 Å². The molecule has 14 heavy (non-hydrogen) atoms. The lowest BCUT2D eigenvalue weighted by atomic mass is 10.4. The molecule has 0 amide bonds. The first-order valence-electron chi connectivity index (χ1n) is 4.31. The zero-order valence-electron chi connectivity index (χ0n) is 7.83. The van der Waals surface area contributed by atoms with E-state index in [0.717, 1.165) is 18.6 Å². The predicted octanol–water partition coefficient (Wildman–Crippen LogP) is 1.51. The van der Waals surface area contributed by atoms with Crippen LogP contribution in [0.4, 0.5) is 4.39 Å². The maximum atomic E-state index is 12.5. The molecule has 0 radical (unpaired) electrons. The highest BCUT2D eigenvalue weighted by atomic mass is 32.2. The Hall–Kier alpha value is -0.940. The summed E-state index contributed by atoms with van der Waals surface area (Å²) in [7, 11) is -3.46. The number of hydrogen-bond acceptors (Lipinski definition) is 2. The normalized spacial score (nSPS) is 11.6. The zero-order valence-corrected chi connectivity index (χ0v) is 8.64. The summed E-state index contributed by atoms with van der Waals surface area (Å²) in [5.41, 5.74) is 0. The van der Waals surface area contributed by atoms with Gasteiger partial charge in [-0.2, -0.15) is 0 Å². The summed E-state index contributed by atoms with van der Waals surface area (Å²) >= 11 is 0. The molecule has 0 saturated carbocycles. The van der Waals surface area contributed by atoms with Crippen molar-refractivity contribution in [1.29, 1.82) is 0 Å². The minimum absolute atomic E-state index is 0.0901. The van der Waals surface area contributed by atoms with Crippen molar-refractivity contribution >= 4 is 10.0 Å². The molecule has 0 aliphatic rings. The highest BCUT2D eigenvalue weighted by molar-refractivity contribution is 7.89. The monoisotopic (exact) mass is 217 g/mol. The summed E-state index contributed by atoms with van der Waals surface area (Å²) in [6.07, 6.45) is 0.723. The van der Waals surface area contributed by atoms with Gasteiger partial charge in [0, 0.05) is 6.54 Å². The maximum absolute atomic E-state index is 12.5. The topological polar surface area (TPSA) is 46.2 Å². The summed E-state index contributed by atoms with van der Waals surface area (Å²) in [6.45, 7) is 2.26. The van der Waals surface area contributed by atoms with Crippen molar-refractivity contribution < 1.29 is 12.8 Å². The van der Waals surface area contributed by atoms with Crippen LogP contribution in [0.3, 0.4) is 0 Å². The first-order valence-corrected chi connectivity index (χ1v) is 5.80. The molecule has 0 heterocycles. The Labute approximate surface area is 83.0 Å². The van der Waals surface area contributed by atoms with Gasteiger partial charge in [0.25, 0.3) is 0 Å². The van der Waals surface area contributed by atoms with E-state index in [1.54, 1.807) is 0 Å². The van der Waals surface area contributed by atoms with Crippen molar-refractivity contribution in [2.75, 3.05) is 6.54 Å². The van der Waals surface area contributed by atoms with Crippen LogP contribution >= 0.6 is 0 Å². The van der Waals surface area contributed by atoms with Gasteiger partial charge < -0.3 is 0 Å². The average molecular weight is 217 g/mol. The molecule has 0 bridgehead atoms. The Balaban J connectivity index is 2.87. The lowest BCUT2D eigenvalue weighted by molar-refractivity contribution is 0.580. The van der Waals surface area contributed by atoms with Gasteiger partial charge in [-0.25, -0.2) is 17.5 Å². The third-order valence-corrected chi connectivity index (χ3v) is 3.14. The van der Waals surface area contributed by atoms with Crippen molar-refractivity contribution in [3.05, 3.63) is 30.1 Å². The fourth-order valence-electron chi connectivity index (χ4n) is 0.934. The summed E-state index contributed by atoms with van der Waals surface area (Å²) in [4.78, 5) is 0.0901. The molecule has 0 aliphatic heterocycles. The van der Waals surface area contributed by atoms with E-state index in [2.05, 4.69) is 4.72 Å². The Kier molecular flexibility index (Phi) is 3.60. The van der Waals surface area contributed by atoms with Gasteiger partial charge in [0.15, 0.2) is 0 Å². The van der Waals surface area contributed by atoms with Crippen LogP contribution in [-0.2, 0) is 10.0 Å². The van der Waals surface area contributed by atoms with E-state index in [1.165, 1.54) is 12.1 Å². The molecule has 0 aromatic heterocycles. The van der Waals surface area contributed by atoms with Crippen molar-refractivity contribution in [1.82, 2.24) is 4.72 Å². The molecule has 5 heteroatoms. The van der Waals surface area contributed by atoms with E-state index in [9.17, 15) is 12.8 Å². The third kappa shape index (κ3) is 2.78. The molecule has 1 N–H and O–H groups in total. The average Bonchev–Trinajstić information content (AvgIpc) is 2.16. The second kappa shape index (κ2) is 4.52. The van der Waals surface area contributed by atoms with E-state index in [0.29, 0.717) is 6.54 Å². The van der Waals surface area contributed by atoms with Crippen LogP contribution in [0.1, 0.15) is 13.3 Å². The number of sulfonamides is 1. The first-order chi connectivity index (χ1) is 6.56. The Morgan fingerprint density at radius 2 is 1.86 bits per heavy atom. The second-order valence-corrected chi connectivity index (χ2v) is 4.62. The molecule has 0 fully saturated rings. The molecular formula is C9H12FNO2S. The number of benzene rings is 1. The van der Waals surface area contributed by atoms with Crippen LogP contribution in [0.25, 0.3) is 0 Å². The van der Waals surface area contributed by atoms with E-state index >= 15 is 0 Å². The quantitative estimate of drug-likeness (QED) is 0.831. The molecule has 78 valence electrons. The largest absolute Gasteiger partial charge is 0.240 e. The van der Waals surface area contributed by atoms with Crippen molar-refractivity contribution in [3.8, 4) is 0 Å².